The van der Waals surface area contributed by atoms with Gasteiger partial charge in [0.25, 0.3) is 5.91 Å². The maximum absolute atomic E-state index is 13.3. The van der Waals surface area contributed by atoms with E-state index in [1.165, 1.54) is 17.0 Å². The number of hydrogen-bond donors (Lipinski definition) is 1. The number of benzene rings is 3. The fraction of sp³-hybridized carbons (Fsp3) is 0.344. The minimum Gasteiger partial charge on any atom is -0.497 e. The number of nitrogens with one attached hydrogen (secondary N) is 1. The molecule has 1 N–H and O–H groups in total. The summed E-state index contributed by atoms with van der Waals surface area (Å²) in [5, 5.41) is 2.88. The van der Waals surface area contributed by atoms with Gasteiger partial charge in [0.1, 0.15) is 18.1 Å². The maximum Gasteiger partial charge on any atom is 0.253 e. The van der Waals surface area contributed by atoms with E-state index in [4.69, 9.17) is 4.74 Å². The van der Waals surface area contributed by atoms with Gasteiger partial charge in [-0.25, -0.2) is 4.39 Å². The molecular weight excluding hydrogens is 523 g/mol. The van der Waals surface area contributed by atoms with Crippen molar-refractivity contribution in [1.82, 2.24) is 9.80 Å². The Kier molecular flexibility index (Phi) is 9.95. The van der Waals surface area contributed by atoms with E-state index >= 15 is 0 Å². The molecule has 0 unspecified atom stereocenters. The fourth-order valence-corrected chi connectivity index (χ4v) is 4.73. The normalized spacial score (nSPS) is 13.2. The Balaban J connectivity index is 1.30. The second-order valence-corrected chi connectivity index (χ2v) is 10.6. The number of carbonyl (C=O) groups excluding carboxylic acids is 3. The lowest BCUT2D eigenvalue weighted by Gasteiger charge is -2.36. The first-order valence-electron chi connectivity index (χ1n) is 13.8. The van der Waals surface area contributed by atoms with Crippen molar-refractivity contribution in [2.75, 3.05) is 50.1 Å². The van der Waals surface area contributed by atoms with E-state index in [9.17, 15) is 18.8 Å². The summed E-state index contributed by atoms with van der Waals surface area (Å²) in [4.78, 5) is 44.1. The first-order chi connectivity index (χ1) is 19.7. The second kappa shape index (κ2) is 13.8. The number of halogens is 1. The smallest absolute Gasteiger partial charge is 0.253 e. The molecule has 1 saturated heterocycles. The van der Waals surface area contributed by atoms with Crippen molar-refractivity contribution in [3.05, 3.63) is 89.7 Å². The van der Waals surface area contributed by atoms with Gasteiger partial charge in [0.2, 0.25) is 11.8 Å². The lowest BCUT2D eigenvalue weighted by Crippen LogP contribution is -2.48. The van der Waals surface area contributed by atoms with Gasteiger partial charge in [-0.1, -0.05) is 26.0 Å². The van der Waals surface area contributed by atoms with Crippen molar-refractivity contribution in [1.29, 1.82) is 0 Å². The topological polar surface area (TPSA) is 82.2 Å². The van der Waals surface area contributed by atoms with Crippen molar-refractivity contribution in [2.45, 2.75) is 26.8 Å². The van der Waals surface area contributed by atoms with Gasteiger partial charge in [0.15, 0.2) is 0 Å². The van der Waals surface area contributed by atoms with E-state index < -0.39 is 0 Å². The third-order valence-electron chi connectivity index (χ3n) is 6.98. The van der Waals surface area contributed by atoms with E-state index in [1.54, 1.807) is 43.5 Å². The van der Waals surface area contributed by atoms with Crippen molar-refractivity contribution >= 4 is 29.1 Å². The molecule has 1 fully saturated rings. The number of piperazine rings is 1. The third-order valence-corrected chi connectivity index (χ3v) is 6.98. The molecule has 41 heavy (non-hydrogen) atoms. The molecule has 9 heteroatoms. The van der Waals surface area contributed by atoms with Crippen LogP contribution in [0, 0.1) is 11.7 Å². The molecule has 1 aliphatic heterocycles. The third kappa shape index (κ3) is 8.30. The van der Waals surface area contributed by atoms with E-state index in [2.05, 4.69) is 10.2 Å². The van der Waals surface area contributed by atoms with Gasteiger partial charge in [-0.3, -0.25) is 14.4 Å². The zero-order valence-electron chi connectivity index (χ0n) is 23.8. The molecule has 216 valence electrons. The molecule has 3 aromatic rings. The number of rotatable bonds is 10. The molecule has 0 aromatic heterocycles. The van der Waals surface area contributed by atoms with Crippen LogP contribution in [-0.4, -0.2) is 67.4 Å². The molecule has 0 aliphatic carbocycles. The molecule has 0 saturated carbocycles. The van der Waals surface area contributed by atoms with Crippen LogP contribution in [0.4, 0.5) is 15.8 Å². The number of anilines is 2. The van der Waals surface area contributed by atoms with Gasteiger partial charge in [-0.05, 0) is 72.1 Å². The van der Waals surface area contributed by atoms with Crippen LogP contribution in [0.1, 0.15) is 36.2 Å². The molecule has 1 heterocycles. The number of carbonyl (C=O) groups is 3. The molecule has 1 aliphatic rings. The number of nitrogens with zero attached hydrogens (tertiary/aromatic N) is 3. The van der Waals surface area contributed by atoms with E-state index in [1.807, 2.05) is 43.0 Å². The van der Waals surface area contributed by atoms with E-state index in [0.29, 0.717) is 49.6 Å². The Morgan fingerprint density at radius 1 is 0.902 bits per heavy atom. The first kappa shape index (κ1) is 29.6. The van der Waals surface area contributed by atoms with Crippen LogP contribution in [0.5, 0.6) is 5.75 Å². The average Bonchev–Trinajstić information content (AvgIpc) is 2.97. The van der Waals surface area contributed by atoms with E-state index in [-0.39, 0.29) is 42.5 Å². The molecule has 8 nitrogen and oxygen atoms in total. The highest BCUT2D eigenvalue weighted by molar-refractivity contribution is 5.95. The van der Waals surface area contributed by atoms with Crippen molar-refractivity contribution in [2.24, 2.45) is 5.92 Å². The summed E-state index contributed by atoms with van der Waals surface area (Å²) < 4.78 is 18.5. The highest BCUT2D eigenvalue weighted by atomic mass is 19.1. The highest BCUT2D eigenvalue weighted by Gasteiger charge is 2.23. The Morgan fingerprint density at radius 2 is 1.54 bits per heavy atom. The Labute approximate surface area is 240 Å². The highest BCUT2D eigenvalue weighted by Crippen LogP contribution is 2.21. The molecule has 0 spiro atoms. The Morgan fingerprint density at radius 3 is 2.12 bits per heavy atom. The average molecular weight is 561 g/mol. The summed E-state index contributed by atoms with van der Waals surface area (Å²) in [6, 6.07) is 20.6. The van der Waals surface area contributed by atoms with Gasteiger partial charge in [-0.15, -0.1) is 0 Å². The molecule has 0 bridgehead atoms. The van der Waals surface area contributed by atoms with Gasteiger partial charge >= 0.3 is 0 Å². The van der Waals surface area contributed by atoms with Gasteiger partial charge < -0.3 is 24.8 Å². The zero-order valence-corrected chi connectivity index (χ0v) is 23.8. The van der Waals surface area contributed by atoms with Crippen LogP contribution in [0.3, 0.4) is 0 Å². The number of hydrogen-bond acceptors (Lipinski definition) is 5. The van der Waals surface area contributed by atoms with Gasteiger partial charge in [0.05, 0.1) is 7.11 Å². The summed E-state index contributed by atoms with van der Waals surface area (Å²) in [6.07, 6.45) is 0.322. The lowest BCUT2D eigenvalue weighted by atomic mass is 10.1. The van der Waals surface area contributed by atoms with Crippen molar-refractivity contribution < 1.29 is 23.5 Å². The minimum atomic E-state index is -0.348. The van der Waals surface area contributed by atoms with Crippen LogP contribution in [0.2, 0.25) is 0 Å². The summed E-state index contributed by atoms with van der Waals surface area (Å²) >= 11 is 0. The van der Waals surface area contributed by atoms with Crippen LogP contribution in [-0.2, 0) is 16.1 Å². The summed E-state index contributed by atoms with van der Waals surface area (Å²) in [5.74, 6) is 0.0934. The molecule has 4 rings (SSSR count). The van der Waals surface area contributed by atoms with Gasteiger partial charge in [0, 0.05) is 56.1 Å². The Hall–Kier alpha value is -4.40. The molecule has 0 radical (unpaired) electrons. The predicted octanol–water partition coefficient (Wildman–Crippen LogP) is 4.81. The molecular formula is C32H37FN4O4. The van der Waals surface area contributed by atoms with Crippen LogP contribution >= 0.6 is 0 Å². The SMILES string of the molecule is COc1ccc(C(=O)N2CCN(c3ccc(NC(=O)CN(Cc4ccc(F)cc4)C(=O)CC(C)C)cc3)CC2)cc1. The quantitative estimate of drug-likeness (QED) is 0.385. The van der Waals surface area contributed by atoms with E-state index in [0.717, 1.165) is 11.3 Å². The summed E-state index contributed by atoms with van der Waals surface area (Å²) in [5.41, 5.74) is 3.03. The fourth-order valence-electron chi connectivity index (χ4n) is 4.73. The van der Waals surface area contributed by atoms with Crippen molar-refractivity contribution in [3.63, 3.8) is 0 Å². The number of amides is 3. The minimum absolute atomic E-state index is 0.00529. The largest absolute Gasteiger partial charge is 0.497 e. The summed E-state index contributed by atoms with van der Waals surface area (Å²) in [7, 11) is 1.60. The monoisotopic (exact) mass is 560 g/mol. The standard InChI is InChI=1S/C32H37FN4O4/c1-23(2)20-31(39)37(21-24-4-8-26(33)9-5-24)22-30(38)34-27-10-12-28(13-11-27)35-16-18-36(19-17-35)32(40)25-6-14-29(41-3)15-7-25/h4-15,23H,16-22H2,1-3H3,(H,34,38). The van der Waals surface area contributed by atoms with Crippen LogP contribution in [0.25, 0.3) is 0 Å². The lowest BCUT2D eigenvalue weighted by molar-refractivity contribution is -0.136. The number of methoxy groups -OCH3 is 1. The second-order valence-electron chi connectivity index (χ2n) is 10.6. The predicted molar refractivity (Wildman–Crippen MR) is 157 cm³/mol. The van der Waals surface area contributed by atoms with Gasteiger partial charge in [-0.2, -0.15) is 0 Å². The maximum atomic E-state index is 13.3. The summed E-state index contributed by atoms with van der Waals surface area (Å²) in [6.45, 7) is 6.64. The molecule has 3 aromatic carbocycles. The van der Waals surface area contributed by atoms with Crippen molar-refractivity contribution in [3.8, 4) is 5.75 Å². The molecule has 3 amide bonds. The van der Waals surface area contributed by atoms with Crippen LogP contribution in [0.15, 0.2) is 72.8 Å². The molecule has 0 atom stereocenters. The zero-order chi connectivity index (χ0) is 29.4. The Bertz CT molecular complexity index is 1320. The van der Waals surface area contributed by atoms with Crippen LogP contribution < -0.4 is 15.0 Å². The number of ether oxygens (including phenoxy) is 1. The first-order valence-corrected chi connectivity index (χ1v) is 13.8.